The predicted molar refractivity (Wildman–Crippen MR) is 106 cm³/mol. The van der Waals surface area contributed by atoms with Gasteiger partial charge in [-0.1, -0.05) is 57.3 Å². The molecule has 0 unspecified atom stereocenters. The lowest BCUT2D eigenvalue weighted by Gasteiger charge is -2.23. The number of carbonyl (C=O) groups is 3. The molecule has 122 valence electrons. The Balaban J connectivity index is 2.19. The van der Waals surface area contributed by atoms with Crippen LogP contribution in [0.1, 0.15) is 5.56 Å². The molecule has 0 spiro atoms. The fourth-order valence-electron chi connectivity index (χ4n) is 2.13. The summed E-state index contributed by atoms with van der Waals surface area (Å²) in [4.78, 5) is 36.7. The first kappa shape index (κ1) is 18.2. The van der Waals surface area contributed by atoms with Crippen molar-refractivity contribution in [3.8, 4) is 0 Å². The molecule has 1 aromatic rings. The minimum Gasteiger partial charge on any atom is -0.370 e. The maximum Gasteiger partial charge on any atom is 0.328 e. The number of imide groups is 2. The van der Waals surface area contributed by atoms with Crippen LogP contribution in [0.15, 0.2) is 29.8 Å². The molecule has 2 rings (SSSR count). The average molecular weight is 539 g/mol. The quantitative estimate of drug-likeness (QED) is 0.252. The topological polar surface area (TPSA) is 78.5 Å². The minimum atomic E-state index is -0.791. The highest BCUT2D eigenvalue weighted by molar-refractivity contribution is 14.1. The van der Waals surface area contributed by atoms with Gasteiger partial charge in [0.05, 0.1) is 0 Å². The number of alkyl halides is 2. The van der Waals surface area contributed by atoms with Crippen molar-refractivity contribution in [3.05, 3.63) is 35.4 Å². The van der Waals surface area contributed by atoms with Crippen LogP contribution in [-0.2, 0) is 9.59 Å². The fourth-order valence-corrected chi connectivity index (χ4v) is 3.29. The van der Waals surface area contributed by atoms with Gasteiger partial charge in [-0.05, 0) is 23.8 Å². The Morgan fingerprint density at radius 3 is 1.91 bits per heavy atom. The molecular formula is C15H15I2N3O3. The first-order valence-electron chi connectivity index (χ1n) is 6.90. The molecule has 1 aliphatic heterocycles. The van der Waals surface area contributed by atoms with Crippen molar-refractivity contribution in [2.45, 2.75) is 0 Å². The van der Waals surface area contributed by atoms with Crippen molar-refractivity contribution in [1.82, 2.24) is 10.6 Å². The van der Waals surface area contributed by atoms with E-state index >= 15 is 0 Å². The van der Waals surface area contributed by atoms with Gasteiger partial charge in [0.15, 0.2) is 0 Å². The molecule has 0 bridgehead atoms. The number of halogens is 2. The lowest BCUT2D eigenvalue weighted by molar-refractivity contribution is -0.123. The zero-order valence-electron chi connectivity index (χ0n) is 12.1. The van der Waals surface area contributed by atoms with E-state index in [2.05, 4.69) is 60.7 Å². The molecule has 1 heterocycles. The van der Waals surface area contributed by atoms with Crippen LogP contribution in [0.5, 0.6) is 0 Å². The maximum atomic E-state index is 11.7. The van der Waals surface area contributed by atoms with Gasteiger partial charge < -0.3 is 4.90 Å². The van der Waals surface area contributed by atoms with Gasteiger partial charge in [-0.3, -0.25) is 20.2 Å². The first-order valence-corrected chi connectivity index (χ1v) is 9.95. The van der Waals surface area contributed by atoms with E-state index in [9.17, 15) is 14.4 Å². The van der Waals surface area contributed by atoms with Crippen molar-refractivity contribution >= 4 is 74.8 Å². The monoisotopic (exact) mass is 539 g/mol. The van der Waals surface area contributed by atoms with Gasteiger partial charge in [-0.15, -0.1) is 0 Å². The summed E-state index contributed by atoms with van der Waals surface area (Å²) in [5.41, 5.74) is 1.76. The van der Waals surface area contributed by atoms with Crippen LogP contribution in [0.4, 0.5) is 10.5 Å². The summed E-state index contributed by atoms with van der Waals surface area (Å²) in [6.07, 6.45) is 1.47. The van der Waals surface area contributed by atoms with Crippen LogP contribution in [0, 0.1) is 0 Å². The minimum absolute atomic E-state index is 0.0752. The molecule has 0 aliphatic carbocycles. The van der Waals surface area contributed by atoms with E-state index in [1.54, 1.807) is 0 Å². The highest BCUT2D eigenvalue weighted by Gasteiger charge is 2.27. The number of carbonyl (C=O) groups excluding carboxylic acids is 3. The Bertz CT molecular complexity index is 616. The first-order chi connectivity index (χ1) is 11.0. The van der Waals surface area contributed by atoms with Crippen LogP contribution >= 0.6 is 45.2 Å². The Labute approximate surface area is 161 Å². The summed E-state index contributed by atoms with van der Waals surface area (Å²) in [5.74, 6) is -1.36. The molecule has 6 nitrogen and oxygen atoms in total. The SMILES string of the molecule is O=C1NC(=O)C(=Cc2ccc(N(CCI)CCI)cc2)C(=O)N1. The Hall–Kier alpha value is -1.17. The summed E-state index contributed by atoms with van der Waals surface area (Å²) >= 11 is 4.70. The summed E-state index contributed by atoms with van der Waals surface area (Å²) < 4.78 is 2.07. The second-order valence-corrected chi connectivity index (χ2v) is 6.91. The number of urea groups is 1. The zero-order chi connectivity index (χ0) is 16.8. The van der Waals surface area contributed by atoms with Crippen molar-refractivity contribution in [1.29, 1.82) is 0 Å². The van der Waals surface area contributed by atoms with Crippen LogP contribution in [0.2, 0.25) is 0 Å². The molecule has 1 saturated heterocycles. The van der Waals surface area contributed by atoms with Crippen LogP contribution in [-0.4, -0.2) is 39.8 Å². The standard InChI is InChI=1S/C15H15I2N3O3/c16-5-7-20(8-6-17)11-3-1-10(2-4-11)9-12-13(21)18-15(23)19-14(12)22/h1-4,9H,5-8H2,(H2,18,19,21,22,23). The van der Waals surface area contributed by atoms with E-state index in [4.69, 9.17) is 0 Å². The van der Waals surface area contributed by atoms with E-state index < -0.39 is 17.8 Å². The number of amides is 4. The van der Waals surface area contributed by atoms with Crippen LogP contribution < -0.4 is 15.5 Å². The molecule has 1 aromatic carbocycles. The average Bonchev–Trinajstić information content (AvgIpc) is 2.51. The number of rotatable bonds is 6. The van der Waals surface area contributed by atoms with Crippen LogP contribution in [0.25, 0.3) is 6.08 Å². The number of hydrogen-bond acceptors (Lipinski definition) is 4. The summed E-state index contributed by atoms with van der Waals surface area (Å²) in [6.45, 7) is 1.94. The lowest BCUT2D eigenvalue weighted by atomic mass is 10.1. The van der Waals surface area contributed by atoms with Gasteiger partial charge in [0.25, 0.3) is 11.8 Å². The van der Waals surface area contributed by atoms with E-state index in [0.717, 1.165) is 33.2 Å². The van der Waals surface area contributed by atoms with E-state index in [0.29, 0.717) is 0 Å². The van der Waals surface area contributed by atoms with Gasteiger partial charge in [0.2, 0.25) is 0 Å². The van der Waals surface area contributed by atoms with E-state index in [1.807, 2.05) is 24.3 Å². The van der Waals surface area contributed by atoms with Gasteiger partial charge >= 0.3 is 6.03 Å². The van der Waals surface area contributed by atoms with E-state index in [-0.39, 0.29) is 5.57 Å². The smallest absolute Gasteiger partial charge is 0.328 e. The van der Waals surface area contributed by atoms with Crippen molar-refractivity contribution in [2.75, 3.05) is 26.8 Å². The molecule has 4 amide bonds. The number of nitrogens with one attached hydrogen (secondary N) is 2. The van der Waals surface area contributed by atoms with Crippen molar-refractivity contribution < 1.29 is 14.4 Å². The number of anilines is 1. The van der Waals surface area contributed by atoms with E-state index in [1.165, 1.54) is 6.08 Å². The second kappa shape index (κ2) is 8.62. The van der Waals surface area contributed by atoms with Gasteiger partial charge in [0, 0.05) is 27.6 Å². The molecule has 0 saturated carbocycles. The molecule has 8 heteroatoms. The fraction of sp³-hybridized carbons (Fsp3) is 0.267. The number of benzene rings is 1. The second-order valence-electron chi connectivity index (χ2n) is 4.75. The molecule has 1 aliphatic rings. The third-order valence-corrected chi connectivity index (χ3v) is 4.19. The molecule has 1 fully saturated rings. The number of nitrogens with zero attached hydrogens (tertiary/aromatic N) is 1. The third-order valence-electron chi connectivity index (χ3n) is 3.22. The predicted octanol–water partition coefficient (Wildman–Crippen LogP) is 2.11. The van der Waals surface area contributed by atoms with Crippen molar-refractivity contribution in [2.24, 2.45) is 0 Å². The zero-order valence-corrected chi connectivity index (χ0v) is 16.5. The summed E-state index contributed by atoms with van der Waals surface area (Å²) in [7, 11) is 0. The molecule has 2 N–H and O–H groups in total. The Morgan fingerprint density at radius 1 is 0.913 bits per heavy atom. The Kier molecular flexibility index (Phi) is 6.81. The van der Waals surface area contributed by atoms with Crippen molar-refractivity contribution in [3.63, 3.8) is 0 Å². The third kappa shape index (κ3) is 4.90. The normalized spacial score (nSPS) is 14.3. The molecule has 0 radical (unpaired) electrons. The number of hydrogen-bond donors (Lipinski definition) is 2. The Morgan fingerprint density at radius 2 is 1.43 bits per heavy atom. The molecular weight excluding hydrogens is 524 g/mol. The molecule has 0 atom stereocenters. The molecule has 23 heavy (non-hydrogen) atoms. The summed E-state index contributed by atoms with van der Waals surface area (Å²) in [6, 6.07) is 6.85. The molecule has 0 aromatic heterocycles. The van der Waals surface area contributed by atoms with Gasteiger partial charge in [-0.25, -0.2) is 4.79 Å². The summed E-state index contributed by atoms with van der Waals surface area (Å²) in [5, 5.41) is 4.11. The highest BCUT2D eigenvalue weighted by Crippen LogP contribution is 2.18. The lowest BCUT2D eigenvalue weighted by Crippen LogP contribution is -2.51. The number of barbiturate groups is 1. The van der Waals surface area contributed by atoms with Gasteiger partial charge in [0.1, 0.15) is 5.57 Å². The van der Waals surface area contributed by atoms with Crippen LogP contribution in [0.3, 0.4) is 0 Å². The largest absolute Gasteiger partial charge is 0.370 e. The maximum absolute atomic E-state index is 11.7. The van der Waals surface area contributed by atoms with Gasteiger partial charge in [-0.2, -0.15) is 0 Å². The highest BCUT2D eigenvalue weighted by atomic mass is 127.